The van der Waals surface area contributed by atoms with Crippen LogP contribution >= 0.6 is 11.6 Å². The minimum absolute atomic E-state index is 0.134. The van der Waals surface area contributed by atoms with Crippen LogP contribution in [-0.2, 0) is 10.0 Å². The average molecular weight is 292 g/mol. The predicted molar refractivity (Wildman–Crippen MR) is 74.2 cm³/mol. The average Bonchev–Trinajstić information content (AvgIpc) is 2.28. The summed E-state index contributed by atoms with van der Waals surface area (Å²) in [4.78, 5) is 2.13. The van der Waals surface area contributed by atoms with Crippen LogP contribution in [0.4, 0.5) is 5.69 Å². The van der Waals surface area contributed by atoms with Gasteiger partial charge in [0.1, 0.15) is 0 Å². The van der Waals surface area contributed by atoms with Crippen molar-refractivity contribution in [1.82, 2.24) is 9.62 Å². The van der Waals surface area contributed by atoms with Crippen LogP contribution < -0.4 is 10.5 Å². The molecule has 1 rings (SSSR count). The Morgan fingerprint density at radius 2 is 2.06 bits per heavy atom. The van der Waals surface area contributed by atoms with Gasteiger partial charge in [-0.15, -0.1) is 0 Å². The molecule has 1 aromatic rings. The highest BCUT2D eigenvalue weighted by molar-refractivity contribution is 7.89. The molecular formula is C11H18ClN3O2S. The van der Waals surface area contributed by atoms with Crippen LogP contribution in [0.5, 0.6) is 0 Å². The van der Waals surface area contributed by atoms with E-state index in [1.807, 2.05) is 19.0 Å². The third-order valence-corrected chi connectivity index (χ3v) is 4.15. The van der Waals surface area contributed by atoms with Gasteiger partial charge in [0.05, 0.1) is 15.6 Å². The van der Waals surface area contributed by atoms with Crippen molar-refractivity contribution in [2.24, 2.45) is 0 Å². The summed E-state index contributed by atoms with van der Waals surface area (Å²) in [6.07, 6.45) is 0.745. The lowest BCUT2D eigenvalue weighted by atomic mass is 10.3. The molecule has 0 aliphatic rings. The highest BCUT2D eigenvalue weighted by Gasteiger charge is 2.14. The molecule has 5 nitrogen and oxygen atoms in total. The van der Waals surface area contributed by atoms with Gasteiger partial charge in [-0.1, -0.05) is 11.6 Å². The van der Waals surface area contributed by atoms with Gasteiger partial charge in [0.2, 0.25) is 10.0 Å². The molecule has 7 heteroatoms. The number of hydrogen-bond acceptors (Lipinski definition) is 4. The maximum absolute atomic E-state index is 11.9. The number of halogens is 1. The second-order valence-electron chi connectivity index (χ2n) is 4.24. The summed E-state index contributed by atoms with van der Waals surface area (Å²) in [7, 11) is 0.373. The zero-order valence-electron chi connectivity index (χ0n) is 10.5. The van der Waals surface area contributed by atoms with Gasteiger partial charge < -0.3 is 10.6 Å². The summed E-state index contributed by atoms with van der Waals surface area (Å²) in [6, 6.07) is 4.27. The molecule has 0 saturated heterocycles. The van der Waals surface area contributed by atoms with Crippen molar-refractivity contribution in [3.8, 4) is 0 Å². The second kappa shape index (κ2) is 6.38. The quantitative estimate of drug-likeness (QED) is 0.609. The summed E-state index contributed by atoms with van der Waals surface area (Å²) >= 11 is 5.75. The number of rotatable bonds is 6. The number of nitrogens with two attached hydrogens (primary N) is 1. The molecule has 0 saturated carbocycles. The standard InChI is InChI=1S/C11H18ClN3O2S/c1-15(2)7-3-6-14-18(16,17)9-4-5-10(12)11(13)8-9/h4-5,8,14H,3,6-7,13H2,1-2H3. The van der Waals surface area contributed by atoms with E-state index in [0.29, 0.717) is 11.6 Å². The number of anilines is 1. The number of nitrogens with one attached hydrogen (secondary N) is 1. The van der Waals surface area contributed by atoms with Crippen molar-refractivity contribution in [2.75, 3.05) is 32.9 Å². The van der Waals surface area contributed by atoms with Crippen molar-refractivity contribution in [2.45, 2.75) is 11.3 Å². The van der Waals surface area contributed by atoms with Gasteiger partial charge in [-0.2, -0.15) is 0 Å². The first-order valence-corrected chi connectivity index (χ1v) is 7.38. The van der Waals surface area contributed by atoms with Gasteiger partial charge in [-0.25, -0.2) is 13.1 Å². The van der Waals surface area contributed by atoms with E-state index >= 15 is 0 Å². The highest BCUT2D eigenvalue weighted by atomic mass is 35.5. The Morgan fingerprint density at radius 1 is 1.39 bits per heavy atom. The van der Waals surface area contributed by atoms with Crippen molar-refractivity contribution in [3.63, 3.8) is 0 Å². The molecule has 0 bridgehead atoms. The van der Waals surface area contributed by atoms with Gasteiger partial charge >= 0.3 is 0 Å². The molecule has 0 spiro atoms. The van der Waals surface area contributed by atoms with Crippen molar-refractivity contribution in [1.29, 1.82) is 0 Å². The summed E-state index contributed by atoms with van der Waals surface area (Å²) in [6.45, 7) is 1.22. The second-order valence-corrected chi connectivity index (χ2v) is 6.41. The highest BCUT2D eigenvalue weighted by Crippen LogP contribution is 2.21. The fraction of sp³-hybridized carbons (Fsp3) is 0.455. The summed E-state index contributed by atoms with van der Waals surface area (Å²) in [5.74, 6) is 0. The minimum Gasteiger partial charge on any atom is -0.397 e. The van der Waals surface area contributed by atoms with E-state index in [1.54, 1.807) is 0 Å². The van der Waals surface area contributed by atoms with E-state index in [1.165, 1.54) is 18.2 Å². The molecule has 0 amide bonds. The van der Waals surface area contributed by atoms with Crippen LogP contribution in [0.2, 0.25) is 5.02 Å². The molecule has 1 aromatic carbocycles. The van der Waals surface area contributed by atoms with Gasteiger partial charge in [-0.05, 0) is 45.3 Å². The summed E-state index contributed by atoms with van der Waals surface area (Å²) in [5.41, 5.74) is 5.84. The minimum atomic E-state index is -3.50. The number of nitrogen functional groups attached to an aromatic ring is 1. The molecule has 0 heterocycles. The Kier molecular flexibility index (Phi) is 5.40. The van der Waals surface area contributed by atoms with E-state index < -0.39 is 10.0 Å². The van der Waals surface area contributed by atoms with Crippen LogP contribution in [0, 0.1) is 0 Å². The first kappa shape index (κ1) is 15.2. The fourth-order valence-electron chi connectivity index (χ4n) is 1.37. The van der Waals surface area contributed by atoms with Crippen LogP contribution in [0.3, 0.4) is 0 Å². The summed E-state index contributed by atoms with van der Waals surface area (Å²) in [5, 5.41) is 0.349. The predicted octanol–water partition coefficient (Wildman–Crippen LogP) is 1.15. The largest absolute Gasteiger partial charge is 0.397 e. The molecule has 18 heavy (non-hydrogen) atoms. The first-order chi connectivity index (χ1) is 8.33. The van der Waals surface area contributed by atoms with E-state index in [-0.39, 0.29) is 10.6 Å². The number of nitrogens with zero attached hydrogens (tertiary/aromatic N) is 1. The summed E-state index contributed by atoms with van der Waals surface area (Å²) < 4.78 is 26.4. The first-order valence-electron chi connectivity index (χ1n) is 5.52. The van der Waals surface area contributed by atoms with Crippen molar-refractivity contribution < 1.29 is 8.42 Å². The van der Waals surface area contributed by atoms with Crippen LogP contribution in [0.1, 0.15) is 6.42 Å². The normalized spacial score (nSPS) is 12.0. The van der Waals surface area contributed by atoms with Gasteiger partial charge in [-0.3, -0.25) is 0 Å². The van der Waals surface area contributed by atoms with Crippen LogP contribution in [-0.4, -0.2) is 40.5 Å². The zero-order chi connectivity index (χ0) is 13.8. The Balaban J connectivity index is 2.66. The Bertz CT molecular complexity index is 503. The Morgan fingerprint density at radius 3 is 2.61 bits per heavy atom. The lowest BCUT2D eigenvalue weighted by molar-refractivity contribution is 0.400. The van der Waals surface area contributed by atoms with E-state index in [0.717, 1.165) is 13.0 Å². The zero-order valence-corrected chi connectivity index (χ0v) is 12.1. The molecule has 0 aliphatic carbocycles. The fourth-order valence-corrected chi connectivity index (χ4v) is 2.60. The lowest BCUT2D eigenvalue weighted by Gasteiger charge is -2.10. The maximum Gasteiger partial charge on any atom is 0.240 e. The lowest BCUT2D eigenvalue weighted by Crippen LogP contribution is -2.27. The Hall–Kier alpha value is -0.820. The number of sulfonamides is 1. The van der Waals surface area contributed by atoms with Crippen LogP contribution in [0.25, 0.3) is 0 Å². The van der Waals surface area contributed by atoms with Crippen molar-refractivity contribution >= 4 is 27.3 Å². The molecule has 0 unspecified atom stereocenters. The topological polar surface area (TPSA) is 75.4 Å². The maximum atomic E-state index is 11.9. The van der Waals surface area contributed by atoms with E-state index in [2.05, 4.69) is 4.72 Å². The molecule has 3 N–H and O–H groups in total. The molecule has 0 radical (unpaired) electrons. The SMILES string of the molecule is CN(C)CCCNS(=O)(=O)c1ccc(Cl)c(N)c1. The number of benzene rings is 1. The molecule has 0 fully saturated rings. The monoisotopic (exact) mass is 291 g/mol. The van der Waals surface area contributed by atoms with Crippen LogP contribution in [0.15, 0.2) is 23.1 Å². The smallest absolute Gasteiger partial charge is 0.240 e. The van der Waals surface area contributed by atoms with Gasteiger partial charge in [0, 0.05) is 6.54 Å². The Labute approximate surface area is 113 Å². The molecule has 102 valence electrons. The molecule has 0 aromatic heterocycles. The third kappa shape index (κ3) is 4.45. The number of hydrogen-bond donors (Lipinski definition) is 2. The van der Waals surface area contributed by atoms with Gasteiger partial charge in [0.25, 0.3) is 0 Å². The molecule has 0 atom stereocenters. The van der Waals surface area contributed by atoms with E-state index in [4.69, 9.17) is 17.3 Å². The molecular weight excluding hydrogens is 274 g/mol. The third-order valence-electron chi connectivity index (χ3n) is 2.35. The van der Waals surface area contributed by atoms with E-state index in [9.17, 15) is 8.42 Å². The van der Waals surface area contributed by atoms with Gasteiger partial charge in [0.15, 0.2) is 0 Å². The molecule has 0 aliphatic heterocycles. The van der Waals surface area contributed by atoms with Crippen molar-refractivity contribution in [3.05, 3.63) is 23.2 Å².